The maximum atomic E-state index is 13.9. The van der Waals surface area contributed by atoms with E-state index < -0.39 is 50.9 Å². The van der Waals surface area contributed by atoms with Gasteiger partial charge in [-0.25, -0.2) is 0 Å². The molecule has 8 heteroatoms. The molecular formula is C29H28O8. The van der Waals surface area contributed by atoms with Gasteiger partial charge < -0.3 is 25.5 Å². The van der Waals surface area contributed by atoms with Crippen molar-refractivity contribution in [1.82, 2.24) is 0 Å². The summed E-state index contributed by atoms with van der Waals surface area (Å²) in [7, 11) is 0. The lowest BCUT2D eigenvalue weighted by Crippen LogP contribution is -2.63. The second kappa shape index (κ2) is 7.87. The van der Waals surface area contributed by atoms with Crippen LogP contribution in [0.3, 0.4) is 0 Å². The molecule has 192 valence electrons. The highest BCUT2D eigenvalue weighted by Crippen LogP contribution is 2.62. The zero-order chi connectivity index (χ0) is 27.1. The van der Waals surface area contributed by atoms with E-state index in [0.29, 0.717) is 16.7 Å². The summed E-state index contributed by atoms with van der Waals surface area (Å²) in [6, 6.07) is 10.2. The van der Waals surface area contributed by atoms with Gasteiger partial charge in [0.15, 0.2) is 17.2 Å². The van der Waals surface area contributed by atoms with E-state index in [1.165, 1.54) is 6.07 Å². The molecular weight excluding hydrogens is 476 g/mol. The molecule has 3 aliphatic rings. The summed E-state index contributed by atoms with van der Waals surface area (Å²) >= 11 is 0. The molecule has 8 nitrogen and oxygen atoms in total. The fraction of sp³-hybridized carbons (Fsp3) is 0.345. The Hall–Kier alpha value is -3.75. The lowest BCUT2D eigenvalue weighted by Gasteiger charge is -2.56. The summed E-state index contributed by atoms with van der Waals surface area (Å²) < 4.78 is 0. The van der Waals surface area contributed by atoms with Crippen molar-refractivity contribution >= 4 is 17.3 Å². The number of aliphatic hydroxyl groups is 4. The van der Waals surface area contributed by atoms with Crippen LogP contribution in [0.4, 0.5) is 0 Å². The zero-order valence-corrected chi connectivity index (χ0v) is 20.8. The number of benzene rings is 2. The van der Waals surface area contributed by atoms with Gasteiger partial charge in [-0.15, -0.1) is 0 Å². The molecule has 0 saturated carbocycles. The predicted octanol–water partition coefficient (Wildman–Crippen LogP) is 3.62. The van der Waals surface area contributed by atoms with Crippen molar-refractivity contribution in [3.05, 3.63) is 75.8 Å². The minimum absolute atomic E-state index is 0.0246. The smallest absolute Gasteiger partial charge is 0.209 e. The van der Waals surface area contributed by atoms with E-state index in [4.69, 9.17) is 0 Å². The molecule has 0 spiro atoms. The number of phenolic OH excluding ortho intramolecular Hbond substituents is 1. The first-order chi connectivity index (χ1) is 17.3. The Kier molecular flexibility index (Phi) is 5.30. The van der Waals surface area contributed by atoms with Crippen LogP contribution >= 0.6 is 0 Å². The van der Waals surface area contributed by atoms with Crippen LogP contribution in [-0.2, 0) is 22.6 Å². The maximum Gasteiger partial charge on any atom is 0.209 e. The van der Waals surface area contributed by atoms with E-state index in [9.17, 15) is 39.9 Å². The van der Waals surface area contributed by atoms with E-state index in [1.54, 1.807) is 44.2 Å². The molecule has 37 heavy (non-hydrogen) atoms. The van der Waals surface area contributed by atoms with Gasteiger partial charge in [-0.05, 0) is 48.1 Å². The number of fused-ring (bicyclic) bond motifs is 3. The van der Waals surface area contributed by atoms with Gasteiger partial charge in [-0.1, -0.05) is 44.2 Å². The normalized spacial score (nSPS) is 29.1. The van der Waals surface area contributed by atoms with E-state index in [1.807, 2.05) is 0 Å². The average molecular weight is 505 g/mol. The molecule has 0 aliphatic heterocycles. The Morgan fingerprint density at radius 3 is 2.22 bits per heavy atom. The predicted molar refractivity (Wildman–Crippen MR) is 133 cm³/mol. The summed E-state index contributed by atoms with van der Waals surface area (Å²) in [4.78, 5) is 39.4. The number of carbonyl (C=O) groups is 3. The van der Waals surface area contributed by atoms with Crippen molar-refractivity contribution in [2.75, 3.05) is 0 Å². The molecule has 0 unspecified atom stereocenters. The molecule has 0 fully saturated rings. The summed E-state index contributed by atoms with van der Waals surface area (Å²) in [6.45, 7) is 4.26. The SMILES string of the molecule is CC(=O)C1=C(O)C[C@]2(C)C[C@]3(C)Cc4c(-c5ccc(CO)cc5)ccc(O)c4C(=O)C3=C(O)[C@]2(O)C1=O. The van der Waals surface area contributed by atoms with Gasteiger partial charge in [0.1, 0.15) is 22.8 Å². The fourth-order valence-electron chi connectivity index (χ4n) is 6.72. The van der Waals surface area contributed by atoms with Crippen molar-refractivity contribution in [3.8, 4) is 16.9 Å². The second-order valence-electron chi connectivity index (χ2n) is 11.0. The van der Waals surface area contributed by atoms with E-state index >= 15 is 0 Å². The van der Waals surface area contributed by atoms with Crippen LogP contribution in [0.1, 0.15) is 55.1 Å². The van der Waals surface area contributed by atoms with Crippen LogP contribution in [0.2, 0.25) is 0 Å². The molecule has 0 heterocycles. The van der Waals surface area contributed by atoms with Crippen LogP contribution < -0.4 is 0 Å². The minimum Gasteiger partial charge on any atom is -0.511 e. The lowest BCUT2D eigenvalue weighted by molar-refractivity contribution is -0.158. The Morgan fingerprint density at radius 1 is 0.973 bits per heavy atom. The first-order valence-electron chi connectivity index (χ1n) is 12.0. The number of allylic oxidation sites excluding steroid dienone is 2. The highest BCUT2D eigenvalue weighted by molar-refractivity contribution is 6.25. The molecule has 2 aromatic rings. The van der Waals surface area contributed by atoms with Gasteiger partial charge in [0.05, 0.1) is 12.2 Å². The molecule has 0 aromatic heterocycles. The second-order valence-corrected chi connectivity index (χ2v) is 11.0. The number of Topliss-reactive ketones (excluding diaryl/α,β-unsaturated/α-hetero) is 3. The molecule has 5 rings (SSSR count). The molecule has 0 saturated heterocycles. The van der Waals surface area contributed by atoms with Gasteiger partial charge >= 0.3 is 0 Å². The van der Waals surface area contributed by atoms with Gasteiger partial charge in [0, 0.05) is 22.8 Å². The number of hydrogen-bond acceptors (Lipinski definition) is 8. The van der Waals surface area contributed by atoms with E-state index in [2.05, 4.69) is 0 Å². The fourth-order valence-corrected chi connectivity index (χ4v) is 6.72. The minimum atomic E-state index is -2.59. The quantitative estimate of drug-likeness (QED) is 0.398. The van der Waals surface area contributed by atoms with Gasteiger partial charge in [0.2, 0.25) is 5.78 Å². The number of aliphatic hydroxyl groups excluding tert-OH is 3. The average Bonchev–Trinajstić information content (AvgIpc) is 2.81. The molecule has 0 bridgehead atoms. The molecule has 3 aliphatic carbocycles. The Balaban J connectivity index is 1.74. The van der Waals surface area contributed by atoms with Gasteiger partial charge in [-0.3, -0.25) is 14.4 Å². The summed E-state index contributed by atoms with van der Waals surface area (Å²) in [5.41, 5.74) is -3.12. The monoisotopic (exact) mass is 504 g/mol. The lowest BCUT2D eigenvalue weighted by atomic mass is 9.48. The third kappa shape index (κ3) is 3.19. The Bertz CT molecular complexity index is 1460. The number of hydrogen-bond donors (Lipinski definition) is 5. The van der Waals surface area contributed by atoms with Crippen LogP contribution in [0.15, 0.2) is 59.1 Å². The molecule has 0 radical (unpaired) electrons. The third-order valence-electron chi connectivity index (χ3n) is 8.35. The number of phenols is 1. The zero-order valence-electron chi connectivity index (χ0n) is 20.8. The van der Waals surface area contributed by atoms with Crippen molar-refractivity contribution in [2.45, 2.75) is 52.2 Å². The van der Waals surface area contributed by atoms with Crippen LogP contribution in [0.5, 0.6) is 5.75 Å². The maximum absolute atomic E-state index is 13.9. The van der Waals surface area contributed by atoms with Gasteiger partial charge in [-0.2, -0.15) is 0 Å². The Morgan fingerprint density at radius 2 is 1.62 bits per heavy atom. The van der Waals surface area contributed by atoms with Crippen molar-refractivity contribution in [3.63, 3.8) is 0 Å². The highest BCUT2D eigenvalue weighted by Gasteiger charge is 2.67. The van der Waals surface area contributed by atoms with Gasteiger partial charge in [0.25, 0.3) is 0 Å². The number of ketones is 3. The Labute approximate surface area is 213 Å². The van der Waals surface area contributed by atoms with Crippen molar-refractivity contribution in [1.29, 1.82) is 0 Å². The standard InChI is InChI=1S/C29H28O8/c1-14(31)21-20(33)11-28(3)13-27(2)10-18-17(16-6-4-15(12-30)5-7-16)8-9-19(32)22(18)24(34)23(27)26(36)29(28,37)25(21)35/h4-9,30,32-33,36-37H,10-13H2,1-3H3/t27-,28+,29+/m0/s1. The first kappa shape index (κ1) is 24.9. The number of rotatable bonds is 3. The largest absolute Gasteiger partial charge is 0.511 e. The molecule has 5 N–H and O–H groups in total. The topological polar surface area (TPSA) is 152 Å². The van der Waals surface area contributed by atoms with E-state index in [-0.39, 0.29) is 42.8 Å². The number of carbonyl (C=O) groups excluding carboxylic acids is 3. The van der Waals surface area contributed by atoms with E-state index in [0.717, 1.165) is 12.5 Å². The van der Waals surface area contributed by atoms with Crippen LogP contribution in [-0.4, -0.2) is 48.5 Å². The third-order valence-corrected chi connectivity index (χ3v) is 8.35. The summed E-state index contributed by atoms with van der Waals surface area (Å²) in [6.07, 6.45) is -0.00287. The summed E-state index contributed by atoms with van der Waals surface area (Å²) in [5, 5.41) is 53.8. The summed E-state index contributed by atoms with van der Waals surface area (Å²) in [5.74, 6) is -4.19. The van der Waals surface area contributed by atoms with Crippen molar-refractivity contribution < 1.29 is 39.9 Å². The van der Waals surface area contributed by atoms with Crippen LogP contribution in [0.25, 0.3) is 11.1 Å². The highest BCUT2D eigenvalue weighted by atomic mass is 16.3. The van der Waals surface area contributed by atoms with Crippen molar-refractivity contribution in [2.24, 2.45) is 10.8 Å². The van der Waals surface area contributed by atoms with Crippen LogP contribution in [0, 0.1) is 10.8 Å². The first-order valence-corrected chi connectivity index (χ1v) is 12.0. The number of aromatic hydroxyl groups is 1. The molecule has 0 amide bonds. The molecule has 3 atom stereocenters. The molecule has 2 aromatic carbocycles.